The second-order valence-corrected chi connectivity index (χ2v) is 3.33. The van der Waals surface area contributed by atoms with Gasteiger partial charge in [-0.05, 0) is 28.7 Å². The van der Waals surface area contributed by atoms with Gasteiger partial charge in [0, 0.05) is 5.56 Å². The molecule has 0 spiro atoms. The Morgan fingerprint density at radius 3 is 2.69 bits per heavy atom. The molecule has 1 aromatic rings. The molecule has 1 heterocycles. The number of nitrogen functional groups attached to an aromatic ring is 1. The summed E-state index contributed by atoms with van der Waals surface area (Å²) < 4.78 is 24.8. The minimum Gasteiger partial charge on any atom is -0.384 e. The Hall–Kier alpha value is -0.790. The van der Waals surface area contributed by atoms with E-state index in [1.165, 1.54) is 0 Å². The number of anilines is 1. The number of carbonyl (C=O) groups is 1. The van der Waals surface area contributed by atoms with Crippen LogP contribution < -0.4 is 5.73 Å². The van der Waals surface area contributed by atoms with Crippen molar-refractivity contribution in [3.8, 4) is 0 Å². The van der Waals surface area contributed by atoms with Crippen LogP contribution in [0.4, 0.5) is 14.6 Å². The van der Waals surface area contributed by atoms with Gasteiger partial charge in [-0.1, -0.05) is 0 Å². The molecule has 0 saturated carbocycles. The molecule has 0 radical (unpaired) electrons. The lowest BCUT2D eigenvalue weighted by atomic mass is 10.2. The van der Waals surface area contributed by atoms with Crippen molar-refractivity contribution in [2.24, 2.45) is 0 Å². The zero-order chi connectivity index (χ0) is 10.0. The van der Waals surface area contributed by atoms with E-state index in [1.54, 1.807) is 22.6 Å². The largest absolute Gasteiger partial charge is 0.384 e. The Labute approximate surface area is 86.5 Å². The highest BCUT2D eigenvalue weighted by Gasteiger charge is 2.16. The molecule has 1 aromatic heterocycles. The number of carbonyl (C=O) groups excluding carboxylic acids is 1. The predicted molar refractivity (Wildman–Crippen MR) is 51.7 cm³/mol. The fourth-order valence-corrected chi connectivity index (χ4v) is 1.47. The van der Waals surface area contributed by atoms with Crippen molar-refractivity contribution in [1.29, 1.82) is 0 Å². The monoisotopic (exact) mass is 298 g/mol. The Bertz CT molecular complexity index is 344. The maximum Gasteiger partial charge on any atom is 0.265 e. The smallest absolute Gasteiger partial charge is 0.265 e. The summed E-state index contributed by atoms with van der Waals surface area (Å²) in [5.41, 5.74) is 4.94. The highest BCUT2D eigenvalue weighted by Crippen LogP contribution is 2.26. The number of nitrogens with zero attached hydrogens (tertiary/aromatic N) is 1. The number of nitrogens with two attached hydrogens (primary N) is 1. The lowest BCUT2D eigenvalue weighted by Crippen LogP contribution is -2.02. The van der Waals surface area contributed by atoms with Crippen LogP contribution in [0.5, 0.6) is 0 Å². The molecular weight excluding hydrogens is 293 g/mol. The first-order chi connectivity index (χ1) is 6.06. The molecule has 0 saturated heterocycles. The summed E-state index contributed by atoms with van der Waals surface area (Å²) in [5, 5.41) is 0. The lowest BCUT2D eigenvalue weighted by Gasteiger charge is -2.05. The van der Waals surface area contributed by atoms with E-state index in [0.29, 0.717) is 6.29 Å². The Morgan fingerprint density at radius 2 is 2.23 bits per heavy atom. The number of aldehydes is 1. The van der Waals surface area contributed by atoms with Gasteiger partial charge in [-0.25, -0.2) is 13.8 Å². The third-order valence-electron chi connectivity index (χ3n) is 1.38. The number of rotatable bonds is 2. The van der Waals surface area contributed by atoms with Gasteiger partial charge in [-0.3, -0.25) is 4.79 Å². The van der Waals surface area contributed by atoms with Gasteiger partial charge in [-0.15, -0.1) is 0 Å². The van der Waals surface area contributed by atoms with Crippen molar-refractivity contribution < 1.29 is 13.6 Å². The summed E-state index contributed by atoms with van der Waals surface area (Å²) >= 11 is 1.64. The lowest BCUT2D eigenvalue weighted by molar-refractivity contribution is 0.111. The summed E-state index contributed by atoms with van der Waals surface area (Å²) in [7, 11) is 0. The number of hydrogen-bond acceptors (Lipinski definition) is 3. The van der Waals surface area contributed by atoms with Crippen molar-refractivity contribution in [3.05, 3.63) is 20.9 Å². The van der Waals surface area contributed by atoms with Gasteiger partial charge in [0.15, 0.2) is 6.29 Å². The molecule has 13 heavy (non-hydrogen) atoms. The van der Waals surface area contributed by atoms with Gasteiger partial charge >= 0.3 is 0 Å². The molecule has 70 valence electrons. The summed E-state index contributed by atoms with van der Waals surface area (Å²) in [6.45, 7) is 0. The first-order valence-corrected chi connectivity index (χ1v) is 4.33. The summed E-state index contributed by atoms with van der Waals surface area (Å²) in [4.78, 5) is 14.0. The van der Waals surface area contributed by atoms with E-state index in [2.05, 4.69) is 4.98 Å². The predicted octanol–water partition coefficient (Wildman–Crippen LogP) is 2.02. The van der Waals surface area contributed by atoms with Crippen molar-refractivity contribution in [3.63, 3.8) is 0 Å². The number of aromatic nitrogens is 1. The van der Waals surface area contributed by atoms with E-state index in [0.717, 1.165) is 6.07 Å². The molecule has 3 nitrogen and oxygen atoms in total. The van der Waals surface area contributed by atoms with Crippen molar-refractivity contribution >= 4 is 34.7 Å². The fraction of sp³-hybridized carbons (Fsp3) is 0.143. The van der Waals surface area contributed by atoms with Crippen LogP contribution in [0.3, 0.4) is 0 Å². The Morgan fingerprint density at radius 1 is 1.62 bits per heavy atom. The van der Waals surface area contributed by atoms with Crippen molar-refractivity contribution in [1.82, 2.24) is 4.98 Å². The molecule has 0 aliphatic rings. The molecule has 0 bridgehead atoms. The van der Waals surface area contributed by atoms with Crippen LogP contribution in [0.2, 0.25) is 0 Å². The topological polar surface area (TPSA) is 56.0 Å². The molecule has 0 amide bonds. The van der Waals surface area contributed by atoms with E-state index in [9.17, 15) is 13.6 Å². The molecule has 0 aliphatic heterocycles. The zero-order valence-corrected chi connectivity index (χ0v) is 8.46. The molecule has 0 aliphatic carbocycles. The second kappa shape index (κ2) is 3.95. The van der Waals surface area contributed by atoms with E-state index < -0.39 is 6.43 Å². The van der Waals surface area contributed by atoms with E-state index in [-0.39, 0.29) is 20.6 Å². The SMILES string of the molecule is Nc1cc(C(F)F)c(I)c(C=O)n1. The van der Waals surface area contributed by atoms with Gasteiger partial charge in [0.05, 0.1) is 3.57 Å². The zero-order valence-electron chi connectivity index (χ0n) is 6.30. The highest BCUT2D eigenvalue weighted by molar-refractivity contribution is 14.1. The molecule has 0 fully saturated rings. The molecule has 0 unspecified atom stereocenters. The minimum absolute atomic E-state index is 0.0455. The van der Waals surface area contributed by atoms with Crippen LogP contribution >= 0.6 is 22.6 Å². The molecule has 0 atom stereocenters. The summed E-state index contributed by atoms with van der Waals surface area (Å²) in [6.07, 6.45) is -2.24. The fourth-order valence-electron chi connectivity index (χ4n) is 0.828. The number of pyridine rings is 1. The normalized spacial score (nSPS) is 10.5. The summed E-state index contributed by atoms with van der Waals surface area (Å²) in [6, 6.07) is 1.07. The second-order valence-electron chi connectivity index (χ2n) is 2.25. The van der Waals surface area contributed by atoms with Crippen LogP contribution in [0.25, 0.3) is 0 Å². The number of alkyl halides is 2. The minimum atomic E-state index is -2.64. The van der Waals surface area contributed by atoms with Crippen LogP contribution in [-0.2, 0) is 0 Å². The standard InChI is InChI=1S/C7H5F2IN2O/c8-7(9)3-1-5(11)12-4(2-13)6(3)10/h1-2,7H,(H2,11,12). The van der Waals surface area contributed by atoms with Crippen molar-refractivity contribution in [2.75, 3.05) is 5.73 Å². The number of halogens is 3. The first-order valence-electron chi connectivity index (χ1n) is 3.25. The molecule has 1 rings (SSSR count). The van der Waals surface area contributed by atoms with Gasteiger partial charge in [0.1, 0.15) is 11.5 Å². The van der Waals surface area contributed by atoms with Gasteiger partial charge in [-0.2, -0.15) is 0 Å². The van der Waals surface area contributed by atoms with E-state index in [1.807, 2.05) is 0 Å². The van der Waals surface area contributed by atoms with Crippen LogP contribution in [0.1, 0.15) is 22.5 Å². The Kier molecular flexibility index (Phi) is 3.12. The highest BCUT2D eigenvalue weighted by atomic mass is 127. The average molecular weight is 298 g/mol. The van der Waals surface area contributed by atoms with Crippen LogP contribution in [-0.4, -0.2) is 11.3 Å². The van der Waals surface area contributed by atoms with Crippen LogP contribution in [0.15, 0.2) is 6.07 Å². The Balaban J connectivity index is 3.35. The quantitative estimate of drug-likeness (QED) is 0.671. The maximum atomic E-state index is 12.3. The number of hydrogen-bond donors (Lipinski definition) is 1. The molecule has 6 heteroatoms. The summed E-state index contributed by atoms with van der Waals surface area (Å²) in [5.74, 6) is -0.0715. The third-order valence-corrected chi connectivity index (χ3v) is 2.55. The third kappa shape index (κ3) is 2.11. The van der Waals surface area contributed by atoms with Crippen molar-refractivity contribution in [2.45, 2.75) is 6.43 Å². The molecule has 2 N–H and O–H groups in total. The maximum absolute atomic E-state index is 12.3. The van der Waals surface area contributed by atoms with Gasteiger partial charge in [0.2, 0.25) is 0 Å². The van der Waals surface area contributed by atoms with Gasteiger partial charge < -0.3 is 5.73 Å². The van der Waals surface area contributed by atoms with Gasteiger partial charge in [0.25, 0.3) is 6.43 Å². The van der Waals surface area contributed by atoms with Crippen LogP contribution in [0, 0.1) is 3.57 Å². The molecular formula is C7H5F2IN2O. The van der Waals surface area contributed by atoms with E-state index in [4.69, 9.17) is 5.73 Å². The molecule has 0 aromatic carbocycles. The average Bonchev–Trinajstić information content (AvgIpc) is 2.08. The van der Waals surface area contributed by atoms with E-state index >= 15 is 0 Å². The first kappa shape index (κ1) is 10.3.